The number of halogens is 2. The van der Waals surface area contributed by atoms with Gasteiger partial charge in [-0.1, -0.05) is 31.2 Å². The van der Waals surface area contributed by atoms with Gasteiger partial charge in [-0.3, -0.25) is 4.57 Å². The zero-order chi connectivity index (χ0) is 14.0. The SMILES string of the molecule is C[Si](C)(C)CCOCn1c(Br)nc2ccc(Cl)nc21. The van der Waals surface area contributed by atoms with E-state index in [-0.39, 0.29) is 0 Å². The van der Waals surface area contributed by atoms with Crippen molar-refractivity contribution in [3.8, 4) is 0 Å². The van der Waals surface area contributed by atoms with Gasteiger partial charge in [0.2, 0.25) is 0 Å². The number of fused-ring (bicyclic) bond motifs is 1. The molecule has 0 aliphatic carbocycles. The maximum absolute atomic E-state index is 5.92. The molecule has 0 saturated carbocycles. The summed E-state index contributed by atoms with van der Waals surface area (Å²) >= 11 is 9.34. The lowest BCUT2D eigenvalue weighted by atomic mass is 10.4. The summed E-state index contributed by atoms with van der Waals surface area (Å²) in [5, 5.41) is 0.461. The van der Waals surface area contributed by atoms with E-state index in [0.29, 0.717) is 16.6 Å². The van der Waals surface area contributed by atoms with E-state index >= 15 is 0 Å². The van der Waals surface area contributed by atoms with E-state index in [0.717, 1.165) is 23.8 Å². The van der Waals surface area contributed by atoms with E-state index in [1.165, 1.54) is 0 Å². The highest BCUT2D eigenvalue weighted by molar-refractivity contribution is 9.10. The summed E-state index contributed by atoms with van der Waals surface area (Å²) < 4.78 is 8.32. The smallest absolute Gasteiger partial charge is 0.181 e. The average molecular weight is 363 g/mol. The number of rotatable bonds is 5. The number of imidazole rings is 1. The summed E-state index contributed by atoms with van der Waals surface area (Å²) in [6.45, 7) is 8.21. The van der Waals surface area contributed by atoms with Gasteiger partial charge in [0.25, 0.3) is 0 Å². The summed E-state index contributed by atoms with van der Waals surface area (Å²) in [6.07, 6.45) is 0. The van der Waals surface area contributed by atoms with Gasteiger partial charge in [0, 0.05) is 14.7 Å². The molecule has 2 heterocycles. The monoisotopic (exact) mass is 361 g/mol. The summed E-state index contributed by atoms with van der Waals surface area (Å²) in [5.74, 6) is 0. The van der Waals surface area contributed by atoms with E-state index in [1.54, 1.807) is 6.07 Å². The van der Waals surface area contributed by atoms with Crippen LogP contribution in [0.5, 0.6) is 0 Å². The van der Waals surface area contributed by atoms with E-state index in [2.05, 4.69) is 45.5 Å². The first-order chi connectivity index (χ1) is 8.87. The van der Waals surface area contributed by atoms with Crippen LogP contribution in [0.4, 0.5) is 0 Å². The van der Waals surface area contributed by atoms with Gasteiger partial charge < -0.3 is 4.74 Å². The average Bonchev–Trinajstić information content (AvgIpc) is 2.59. The van der Waals surface area contributed by atoms with Crippen molar-refractivity contribution in [2.75, 3.05) is 6.61 Å². The number of nitrogens with zero attached hydrogens (tertiary/aromatic N) is 3. The molecule has 0 aromatic carbocycles. The molecule has 0 radical (unpaired) electrons. The van der Waals surface area contributed by atoms with Crippen LogP contribution >= 0.6 is 27.5 Å². The van der Waals surface area contributed by atoms with Crippen molar-refractivity contribution >= 4 is 46.8 Å². The van der Waals surface area contributed by atoms with Crippen molar-refractivity contribution < 1.29 is 4.74 Å². The largest absolute Gasteiger partial charge is 0.361 e. The number of hydrogen-bond donors (Lipinski definition) is 0. The van der Waals surface area contributed by atoms with Gasteiger partial charge in [0.15, 0.2) is 10.4 Å². The van der Waals surface area contributed by atoms with Crippen LogP contribution in [0.15, 0.2) is 16.9 Å². The Hall–Kier alpha value is -0.433. The topological polar surface area (TPSA) is 39.9 Å². The van der Waals surface area contributed by atoms with E-state index in [4.69, 9.17) is 16.3 Å². The summed E-state index contributed by atoms with van der Waals surface area (Å²) in [7, 11) is -1.05. The molecule has 0 saturated heterocycles. The summed E-state index contributed by atoms with van der Waals surface area (Å²) in [6, 6.07) is 4.74. The molecule has 0 unspecified atom stereocenters. The van der Waals surface area contributed by atoms with E-state index in [1.807, 2.05) is 10.6 Å². The normalized spacial score (nSPS) is 12.3. The predicted molar refractivity (Wildman–Crippen MR) is 84.3 cm³/mol. The van der Waals surface area contributed by atoms with Crippen molar-refractivity contribution in [3.05, 3.63) is 22.0 Å². The lowest BCUT2D eigenvalue weighted by Crippen LogP contribution is -2.22. The zero-order valence-electron chi connectivity index (χ0n) is 11.3. The third kappa shape index (κ3) is 4.01. The molecule has 0 aliphatic heterocycles. The molecule has 19 heavy (non-hydrogen) atoms. The Labute approximate surface area is 127 Å². The zero-order valence-corrected chi connectivity index (χ0v) is 14.6. The highest BCUT2D eigenvalue weighted by Gasteiger charge is 2.13. The molecule has 0 bridgehead atoms. The molecule has 2 rings (SSSR count). The molecule has 0 spiro atoms. The second-order valence-electron chi connectivity index (χ2n) is 5.63. The first-order valence-electron chi connectivity index (χ1n) is 6.13. The van der Waals surface area contributed by atoms with Crippen LogP contribution < -0.4 is 0 Å². The van der Waals surface area contributed by atoms with Crippen molar-refractivity contribution in [2.45, 2.75) is 32.4 Å². The minimum atomic E-state index is -1.05. The molecule has 0 N–H and O–H groups in total. The lowest BCUT2D eigenvalue weighted by Gasteiger charge is -2.15. The predicted octanol–water partition coefficient (Wildman–Crippen LogP) is 4.16. The minimum absolute atomic E-state index is 0.439. The lowest BCUT2D eigenvalue weighted by molar-refractivity contribution is 0.0880. The van der Waals surface area contributed by atoms with Crippen molar-refractivity contribution in [1.82, 2.24) is 14.5 Å². The highest BCUT2D eigenvalue weighted by atomic mass is 79.9. The Kier molecular flexibility index (Phi) is 4.65. The quantitative estimate of drug-likeness (QED) is 0.455. The van der Waals surface area contributed by atoms with Crippen LogP contribution in [-0.4, -0.2) is 29.2 Å². The van der Waals surface area contributed by atoms with E-state index in [9.17, 15) is 0 Å². The van der Waals surface area contributed by atoms with Gasteiger partial charge in [0.05, 0.1) is 0 Å². The van der Waals surface area contributed by atoms with Gasteiger partial charge in [-0.05, 0) is 34.1 Å². The molecular formula is C12H17BrClN3OSi. The van der Waals surface area contributed by atoms with Gasteiger partial charge in [-0.15, -0.1) is 0 Å². The van der Waals surface area contributed by atoms with Gasteiger partial charge in [-0.25, -0.2) is 9.97 Å². The molecule has 0 fully saturated rings. The van der Waals surface area contributed by atoms with Crippen LogP contribution in [0, 0.1) is 0 Å². The van der Waals surface area contributed by atoms with Crippen molar-refractivity contribution in [1.29, 1.82) is 0 Å². The van der Waals surface area contributed by atoms with Crippen LogP contribution in [0.2, 0.25) is 30.8 Å². The van der Waals surface area contributed by atoms with Crippen molar-refractivity contribution in [2.24, 2.45) is 0 Å². The second kappa shape index (κ2) is 5.91. The highest BCUT2D eigenvalue weighted by Crippen LogP contribution is 2.20. The molecule has 2 aromatic heterocycles. The Morgan fingerprint density at radius 1 is 1.32 bits per heavy atom. The van der Waals surface area contributed by atoms with Gasteiger partial charge >= 0.3 is 0 Å². The molecule has 104 valence electrons. The second-order valence-corrected chi connectivity index (χ2v) is 12.4. The van der Waals surface area contributed by atoms with Gasteiger partial charge in [0.1, 0.15) is 17.4 Å². The maximum atomic E-state index is 5.92. The van der Waals surface area contributed by atoms with Gasteiger partial charge in [-0.2, -0.15) is 0 Å². The Morgan fingerprint density at radius 2 is 2.05 bits per heavy atom. The van der Waals surface area contributed by atoms with E-state index < -0.39 is 8.07 Å². The summed E-state index contributed by atoms with van der Waals surface area (Å²) in [4.78, 5) is 8.66. The molecule has 7 heteroatoms. The molecule has 0 aliphatic rings. The standard InChI is InChI=1S/C12H17BrClN3OSi/c1-19(2,3)7-6-18-8-17-11-9(15-12(17)13)4-5-10(14)16-11/h4-5H,6-8H2,1-3H3. The Morgan fingerprint density at radius 3 is 2.74 bits per heavy atom. The molecule has 2 aromatic rings. The number of aromatic nitrogens is 3. The fourth-order valence-corrected chi connectivity index (χ4v) is 2.96. The number of ether oxygens (including phenoxy) is 1. The first-order valence-corrected chi connectivity index (χ1v) is 11.0. The van der Waals surface area contributed by atoms with Crippen LogP contribution in [0.25, 0.3) is 11.2 Å². The van der Waals surface area contributed by atoms with Crippen LogP contribution in [0.3, 0.4) is 0 Å². The Balaban J connectivity index is 2.08. The fraction of sp³-hybridized carbons (Fsp3) is 0.500. The number of hydrogen-bond acceptors (Lipinski definition) is 3. The fourth-order valence-electron chi connectivity index (χ4n) is 1.60. The van der Waals surface area contributed by atoms with Crippen molar-refractivity contribution in [3.63, 3.8) is 0 Å². The maximum Gasteiger partial charge on any atom is 0.181 e. The third-order valence-electron chi connectivity index (χ3n) is 2.73. The number of pyridine rings is 1. The molecule has 0 amide bonds. The molecule has 4 nitrogen and oxygen atoms in total. The molecule has 0 atom stereocenters. The minimum Gasteiger partial charge on any atom is -0.361 e. The van der Waals surface area contributed by atoms with Crippen LogP contribution in [0.1, 0.15) is 0 Å². The third-order valence-corrected chi connectivity index (χ3v) is 5.25. The summed E-state index contributed by atoms with van der Waals surface area (Å²) in [5.41, 5.74) is 1.55. The van der Waals surface area contributed by atoms with Crippen LogP contribution in [-0.2, 0) is 11.5 Å². The Bertz CT molecular complexity index is 582. The molecular weight excluding hydrogens is 346 g/mol. The first kappa shape index (κ1) is 15.0.